The van der Waals surface area contributed by atoms with E-state index >= 15 is 0 Å². The van der Waals surface area contributed by atoms with Crippen LogP contribution in [0.4, 0.5) is 4.79 Å². The Labute approximate surface area is 127 Å². The first kappa shape index (κ1) is 16.1. The lowest BCUT2D eigenvalue weighted by molar-refractivity contribution is -0.137. The Morgan fingerprint density at radius 1 is 1.14 bits per heavy atom. The van der Waals surface area contributed by atoms with Gasteiger partial charge in [-0.3, -0.25) is 4.79 Å². The molecule has 2 aliphatic rings. The van der Waals surface area contributed by atoms with E-state index in [4.69, 9.17) is 5.11 Å². The SMILES string of the molecule is CC1(C)CCN(C(=O)N2CCCC(CCC(=O)O)C2)CC1. The Bertz CT molecular complexity index is 385. The Balaban J connectivity index is 1.83. The largest absolute Gasteiger partial charge is 0.481 e. The van der Waals surface area contributed by atoms with Gasteiger partial charge in [0.1, 0.15) is 0 Å². The van der Waals surface area contributed by atoms with Crippen LogP contribution >= 0.6 is 0 Å². The van der Waals surface area contributed by atoms with Gasteiger partial charge in [0.05, 0.1) is 0 Å². The third-order valence-corrected chi connectivity index (χ3v) is 4.94. The van der Waals surface area contributed by atoms with Crippen molar-refractivity contribution in [2.75, 3.05) is 26.2 Å². The minimum atomic E-state index is -0.739. The molecule has 1 N–H and O–H groups in total. The van der Waals surface area contributed by atoms with Crippen molar-refractivity contribution in [2.24, 2.45) is 11.3 Å². The van der Waals surface area contributed by atoms with E-state index in [0.717, 1.165) is 51.9 Å². The molecule has 120 valence electrons. The Morgan fingerprint density at radius 3 is 2.43 bits per heavy atom. The molecule has 2 amide bonds. The van der Waals surface area contributed by atoms with Gasteiger partial charge in [-0.05, 0) is 43.4 Å². The molecule has 0 bridgehead atoms. The van der Waals surface area contributed by atoms with Gasteiger partial charge < -0.3 is 14.9 Å². The van der Waals surface area contributed by atoms with Gasteiger partial charge in [-0.15, -0.1) is 0 Å². The van der Waals surface area contributed by atoms with Crippen LogP contribution in [0.5, 0.6) is 0 Å². The summed E-state index contributed by atoms with van der Waals surface area (Å²) in [6, 6.07) is 0.158. The number of aliphatic carboxylic acids is 1. The molecule has 5 heteroatoms. The fraction of sp³-hybridized carbons (Fsp3) is 0.875. The van der Waals surface area contributed by atoms with Crippen LogP contribution in [0.3, 0.4) is 0 Å². The van der Waals surface area contributed by atoms with Gasteiger partial charge in [0.25, 0.3) is 0 Å². The second-order valence-corrected chi connectivity index (χ2v) is 7.32. The first-order chi connectivity index (χ1) is 9.87. The standard InChI is InChI=1S/C16H28N2O3/c1-16(2)7-10-17(11-8-16)15(21)18-9-3-4-13(12-18)5-6-14(19)20/h13H,3-12H2,1-2H3,(H,19,20). The summed E-state index contributed by atoms with van der Waals surface area (Å²) in [4.78, 5) is 27.2. The van der Waals surface area contributed by atoms with Gasteiger partial charge in [-0.2, -0.15) is 0 Å². The van der Waals surface area contributed by atoms with Crippen molar-refractivity contribution in [2.45, 2.75) is 52.4 Å². The number of likely N-dealkylation sites (tertiary alicyclic amines) is 2. The number of carboxylic acids is 1. The Hall–Kier alpha value is -1.26. The Kier molecular flexibility index (Phi) is 5.12. The third kappa shape index (κ3) is 4.61. The van der Waals surface area contributed by atoms with Gasteiger partial charge in [-0.1, -0.05) is 13.8 Å². The van der Waals surface area contributed by atoms with Crippen LogP contribution in [0.1, 0.15) is 52.4 Å². The minimum absolute atomic E-state index is 0.158. The first-order valence-corrected chi connectivity index (χ1v) is 8.13. The van der Waals surface area contributed by atoms with Crippen LogP contribution in [-0.2, 0) is 4.79 Å². The van der Waals surface area contributed by atoms with Gasteiger partial charge in [0, 0.05) is 32.6 Å². The summed E-state index contributed by atoms with van der Waals surface area (Å²) in [7, 11) is 0. The lowest BCUT2D eigenvalue weighted by Crippen LogP contribution is -2.50. The predicted octanol–water partition coefficient (Wildman–Crippen LogP) is 2.81. The summed E-state index contributed by atoms with van der Waals surface area (Å²) < 4.78 is 0. The molecule has 0 spiro atoms. The summed E-state index contributed by atoms with van der Waals surface area (Å²) in [6.45, 7) is 7.77. The number of carbonyl (C=O) groups excluding carboxylic acids is 1. The van der Waals surface area contributed by atoms with Crippen molar-refractivity contribution in [1.29, 1.82) is 0 Å². The number of hydrogen-bond acceptors (Lipinski definition) is 2. The number of piperidine rings is 2. The zero-order valence-electron chi connectivity index (χ0n) is 13.3. The third-order valence-electron chi connectivity index (χ3n) is 4.94. The van der Waals surface area contributed by atoms with Crippen molar-refractivity contribution in [3.8, 4) is 0 Å². The molecule has 0 aromatic rings. The van der Waals surface area contributed by atoms with Gasteiger partial charge in [0.2, 0.25) is 0 Å². The van der Waals surface area contributed by atoms with Crippen LogP contribution in [0.25, 0.3) is 0 Å². The van der Waals surface area contributed by atoms with Gasteiger partial charge in [0.15, 0.2) is 0 Å². The van der Waals surface area contributed by atoms with Crippen LogP contribution < -0.4 is 0 Å². The molecule has 2 fully saturated rings. The normalized spacial score (nSPS) is 25.7. The predicted molar refractivity (Wildman–Crippen MR) is 81.2 cm³/mol. The molecule has 5 nitrogen and oxygen atoms in total. The molecule has 0 saturated carbocycles. The quantitative estimate of drug-likeness (QED) is 0.871. The zero-order valence-corrected chi connectivity index (χ0v) is 13.3. The maximum atomic E-state index is 12.6. The molecule has 0 aromatic carbocycles. The van der Waals surface area contributed by atoms with Crippen molar-refractivity contribution in [3.63, 3.8) is 0 Å². The van der Waals surface area contributed by atoms with E-state index in [-0.39, 0.29) is 12.5 Å². The molecule has 2 saturated heterocycles. The number of amides is 2. The lowest BCUT2D eigenvalue weighted by Gasteiger charge is -2.41. The lowest BCUT2D eigenvalue weighted by atomic mass is 9.83. The molecular formula is C16H28N2O3. The molecule has 2 aliphatic heterocycles. The number of hydrogen-bond donors (Lipinski definition) is 1. The molecule has 2 rings (SSSR count). The highest BCUT2D eigenvalue weighted by Gasteiger charge is 2.32. The number of urea groups is 1. The monoisotopic (exact) mass is 296 g/mol. The van der Waals surface area contributed by atoms with Crippen LogP contribution in [-0.4, -0.2) is 53.1 Å². The highest BCUT2D eigenvalue weighted by Crippen LogP contribution is 2.30. The average Bonchev–Trinajstić information content (AvgIpc) is 2.45. The van der Waals surface area contributed by atoms with Gasteiger partial charge in [-0.25, -0.2) is 4.79 Å². The fourth-order valence-corrected chi connectivity index (χ4v) is 3.31. The number of carboxylic acid groups (broad SMARTS) is 1. The second kappa shape index (κ2) is 6.67. The van der Waals surface area contributed by atoms with E-state index in [1.165, 1.54) is 0 Å². The highest BCUT2D eigenvalue weighted by atomic mass is 16.4. The van der Waals surface area contributed by atoms with Gasteiger partial charge >= 0.3 is 12.0 Å². The smallest absolute Gasteiger partial charge is 0.320 e. The van der Waals surface area contributed by atoms with Crippen LogP contribution in [0.2, 0.25) is 0 Å². The molecular weight excluding hydrogens is 268 g/mol. The summed E-state index contributed by atoms with van der Waals surface area (Å²) in [6.07, 6.45) is 5.07. The van der Waals surface area contributed by atoms with Crippen molar-refractivity contribution in [3.05, 3.63) is 0 Å². The Morgan fingerprint density at radius 2 is 1.81 bits per heavy atom. The number of nitrogens with zero attached hydrogens (tertiary/aromatic N) is 2. The highest BCUT2D eigenvalue weighted by molar-refractivity contribution is 5.74. The number of carbonyl (C=O) groups is 2. The summed E-state index contributed by atoms with van der Waals surface area (Å²) in [5.41, 5.74) is 0.350. The average molecular weight is 296 g/mol. The molecule has 0 radical (unpaired) electrons. The molecule has 0 aliphatic carbocycles. The molecule has 2 heterocycles. The molecule has 1 unspecified atom stereocenters. The minimum Gasteiger partial charge on any atom is -0.481 e. The van der Waals surface area contributed by atoms with Crippen LogP contribution in [0, 0.1) is 11.3 Å². The number of rotatable bonds is 3. The van der Waals surface area contributed by atoms with Crippen molar-refractivity contribution >= 4 is 12.0 Å². The van der Waals surface area contributed by atoms with E-state index < -0.39 is 5.97 Å². The second-order valence-electron chi connectivity index (χ2n) is 7.32. The summed E-state index contributed by atoms with van der Waals surface area (Å²) >= 11 is 0. The topological polar surface area (TPSA) is 60.9 Å². The fourth-order valence-electron chi connectivity index (χ4n) is 3.31. The van der Waals surface area contributed by atoms with E-state index in [1.54, 1.807) is 0 Å². The zero-order chi connectivity index (χ0) is 15.5. The van der Waals surface area contributed by atoms with E-state index in [0.29, 0.717) is 17.8 Å². The van der Waals surface area contributed by atoms with Crippen LogP contribution in [0.15, 0.2) is 0 Å². The van der Waals surface area contributed by atoms with Crippen molar-refractivity contribution in [1.82, 2.24) is 9.80 Å². The van der Waals surface area contributed by atoms with E-state index in [9.17, 15) is 9.59 Å². The van der Waals surface area contributed by atoms with Crippen molar-refractivity contribution < 1.29 is 14.7 Å². The van der Waals surface area contributed by atoms with E-state index in [2.05, 4.69) is 13.8 Å². The molecule has 21 heavy (non-hydrogen) atoms. The van der Waals surface area contributed by atoms with E-state index in [1.807, 2.05) is 9.80 Å². The summed E-state index contributed by atoms with van der Waals surface area (Å²) in [5, 5.41) is 8.78. The maximum Gasteiger partial charge on any atom is 0.320 e. The molecule has 1 atom stereocenters. The first-order valence-electron chi connectivity index (χ1n) is 8.13. The maximum absolute atomic E-state index is 12.6. The summed E-state index contributed by atoms with van der Waals surface area (Å²) in [5.74, 6) is -0.392. The molecule has 0 aromatic heterocycles.